The lowest BCUT2D eigenvalue weighted by atomic mass is 10.1. The van der Waals surface area contributed by atoms with E-state index in [1.54, 1.807) is 0 Å². The van der Waals surface area contributed by atoms with Crippen molar-refractivity contribution in [3.05, 3.63) is 54.1 Å². The summed E-state index contributed by atoms with van der Waals surface area (Å²) in [5, 5.41) is 0. The molecule has 1 N–H and O–H groups in total. The van der Waals surface area contributed by atoms with Gasteiger partial charge in [0.1, 0.15) is 10.7 Å². The molecule has 3 rings (SSSR count). The molecule has 1 saturated heterocycles. The van der Waals surface area contributed by atoms with Gasteiger partial charge in [-0.2, -0.15) is 0 Å². The van der Waals surface area contributed by atoms with Gasteiger partial charge in [-0.15, -0.1) is 0 Å². The van der Waals surface area contributed by atoms with E-state index in [-0.39, 0.29) is 17.5 Å². The van der Waals surface area contributed by atoms with Crippen LogP contribution in [0.1, 0.15) is 37.4 Å². The summed E-state index contributed by atoms with van der Waals surface area (Å²) >= 11 is 0. The summed E-state index contributed by atoms with van der Waals surface area (Å²) in [4.78, 5) is 2.04. The van der Waals surface area contributed by atoms with Gasteiger partial charge in [0.2, 0.25) is 10.0 Å². The molecule has 1 aliphatic heterocycles. The molecular weight excluding hydrogens is 353 g/mol. The molecule has 2 aromatic rings. The first-order valence-corrected chi connectivity index (χ1v) is 10.6. The maximum Gasteiger partial charge on any atom is 0.243 e. The van der Waals surface area contributed by atoms with Crippen molar-refractivity contribution in [1.82, 2.24) is 14.2 Å². The normalized spacial score (nSPS) is 17.8. The molecule has 1 atom stereocenters. The monoisotopic (exact) mass is 379 g/mol. The van der Waals surface area contributed by atoms with Gasteiger partial charge in [0, 0.05) is 25.5 Å². The van der Waals surface area contributed by atoms with Crippen LogP contribution in [0.15, 0.2) is 47.5 Å². The highest BCUT2D eigenvalue weighted by Gasteiger charge is 2.26. The Morgan fingerprint density at radius 3 is 2.38 bits per heavy atom. The van der Waals surface area contributed by atoms with Crippen LogP contribution in [-0.4, -0.2) is 37.5 Å². The molecule has 0 aliphatic carbocycles. The van der Waals surface area contributed by atoms with Crippen molar-refractivity contribution in [3.63, 3.8) is 0 Å². The number of halogens is 1. The fraction of sp³-hybridized carbons (Fsp3) is 0.474. The van der Waals surface area contributed by atoms with Crippen LogP contribution in [0, 0.1) is 5.82 Å². The number of likely N-dealkylation sites (tertiary alicyclic amines) is 1. The molecule has 1 aromatic carbocycles. The molecular formula is C19H26FN3O2S. The van der Waals surface area contributed by atoms with Gasteiger partial charge in [-0.05, 0) is 50.2 Å². The van der Waals surface area contributed by atoms with Crippen molar-refractivity contribution >= 4 is 10.0 Å². The Balaban J connectivity index is 1.82. The van der Waals surface area contributed by atoms with Crippen molar-refractivity contribution in [2.24, 2.45) is 7.05 Å². The number of sulfonamides is 1. The molecule has 1 unspecified atom stereocenters. The molecule has 1 aromatic heterocycles. The van der Waals surface area contributed by atoms with E-state index in [9.17, 15) is 12.8 Å². The minimum absolute atomic E-state index is 0.0744. The van der Waals surface area contributed by atoms with Crippen LogP contribution in [0.3, 0.4) is 0 Å². The lowest BCUT2D eigenvalue weighted by Gasteiger charge is -2.31. The van der Waals surface area contributed by atoms with Gasteiger partial charge in [0.25, 0.3) is 0 Å². The number of rotatable bonds is 6. The second-order valence-electron chi connectivity index (χ2n) is 6.79. The zero-order valence-corrected chi connectivity index (χ0v) is 15.9. The van der Waals surface area contributed by atoms with Crippen LogP contribution >= 0.6 is 0 Å². The average molecular weight is 380 g/mol. The predicted molar refractivity (Wildman–Crippen MR) is 99.8 cm³/mol. The van der Waals surface area contributed by atoms with Crippen LogP contribution in [0.5, 0.6) is 0 Å². The van der Waals surface area contributed by atoms with Gasteiger partial charge in [0.05, 0.1) is 6.04 Å². The van der Waals surface area contributed by atoms with Crippen LogP contribution in [0.2, 0.25) is 0 Å². The molecule has 0 radical (unpaired) electrons. The fourth-order valence-electron chi connectivity index (χ4n) is 3.58. The van der Waals surface area contributed by atoms with Crippen molar-refractivity contribution in [3.8, 4) is 0 Å². The number of hydrogen-bond acceptors (Lipinski definition) is 3. The summed E-state index contributed by atoms with van der Waals surface area (Å²) in [7, 11) is -1.93. The quantitative estimate of drug-likeness (QED) is 0.839. The molecule has 0 bridgehead atoms. The molecule has 0 saturated carbocycles. The Morgan fingerprint density at radius 2 is 1.77 bits per heavy atom. The van der Waals surface area contributed by atoms with Gasteiger partial charge in [-0.3, -0.25) is 4.90 Å². The number of benzene rings is 1. The smallest absolute Gasteiger partial charge is 0.243 e. The van der Waals surface area contributed by atoms with Crippen LogP contribution in [0.25, 0.3) is 0 Å². The Hall–Kier alpha value is -1.70. The summed E-state index contributed by atoms with van der Waals surface area (Å²) < 4.78 is 43.7. The van der Waals surface area contributed by atoms with Gasteiger partial charge in [-0.1, -0.05) is 25.0 Å². The first-order valence-electron chi connectivity index (χ1n) is 9.08. The second kappa shape index (κ2) is 8.33. The van der Waals surface area contributed by atoms with E-state index < -0.39 is 15.8 Å². The molecule has 1 fully saturated rings. The molecule has 0 amide bonds. The van der Waals surface area contributed by atoms with Crippen molar-refractivity contribution < 1.29 is 12.8 Å². The van der Waals surface area contributed by atoms with E-state index in [4.69, 9.17) is 0 Å². The Bertz CT molecular complexity index is 827. The summed E-state index contributed by atoms with van der Waals surface area (Å²) in [6.45, 7) is 2.10. The maximum atomic E-state index is 13.9. The van der Waals surface area contributed by atoms with Gasteiger partial charge >= 0.3 is 0 Å². The number of nitrogens with zero attached hydrogens (tertiary/aromatic N) is 2. The minimum Gasteiger partial charge on any atom is -0.353 e. The zero-order valence-electron chi connectivity index (χ0n) is 15.1. The molecule has 26 heavy (non-hydrogen) atoms. The topological polar surface area (TPSA) is 54.3 Å². The molecule has 2 heterocycles. The van der Waals surface area contributed by atoms with E-state index in [1.807, 2.05) is 29.9 Å². The third-order valence-corrected chi connectivity index (χ3v) is 6.46. The molecule has 1 aliphatic rings. The Morgan fingerprint density at radius 1 is 1.08 bits per heavy atom. The highest BCUT2D eigenvalue weighted by molar-refractivity contribution is 7.89. The lowest BCUT2D eigenvalue weighted by molar-refractivity contribution is 0.199. The highest BCUT2D eigenvalue weighted by Crippen LogP contribution is 2.25. The maximum absolute atomic E-state index is 13.9. The second-order valence-corrected chi connectivity index (χ2v) is 8.53. The third-order valence-electron chi connectivity index (χ3n) is 5.00. The van der Waals surface area contributed by atoms with Gasteiger partial charge in [0.15, 0.2) is 0 Å². The molecule has 7 heteroatoms. The van der Waals surface area contributed by atoms with E-state index in [0.29, 0.717) is 0 Å². The summed E-state index contributed by atoms with van der Waals surface area (Å²) in [6.07, 6.45) is 6.60. The van der Waals surface area contributed by atoms with E-state index in [2.05, 4.69) is 9.62 Å². The average Bonchev–Trinajstić information content (AvgIpc) is 2.86. The van der Waals surface area contributed by atoms with Crippen LogP contribution < -0.4 is 4.72 Å². The summed E-state index contributed by atoms with van der Waals surface area (Å²) in [5.41, 5.74) is 1.06. The van der Waals surface area contributed by atoms with Crippen molar-refractivity contribution in [2.75, 3.05) is 19.6 Å². The van der Waals surface area contributed by atoms with Gasteiger partial charge < -0.3 is 4.57 Å². The Kier molecular flexibility index (Phi) is 6.11. The van der Waals surface area contributed by atoms with Gasteiger partial charge in [-0.25, -0.2) is 17.5 Å². The van der Waals surface area contributed by atoms with Crippen LogP contribution in [-0.2, 0) is 17.1 Å². The van der Waals surface area contributed by atoms with E-state index in [1.165, 1.54) is 31.0 Å². The van der Waals surface area contributed by atoms with Crippen LogP contribution in [0.4, 0.5) is 4.39 Å². The molecule has 0 spiro atoms. The Labute approximate surface area is 154 Å². The summed E-state index contributed by atoms with van der Waals surface area (Å²) in [5.74, 6) is -0.731. The predicted octanol–water partition coefficient (Wildman–Crippen LogP) is 3.06. The van der Waals surface area contributed by atoms with Crippen molar-refractivity contribution in [2.45, 2.75) is 36.6 Å². The number of aromatic nitrogens is 1. The standard InChI is InChI=1S/C19H26FN3O2S/c1-22-12-8-10-17(22)18(23-13-6-2-3-7-14-23)15-21-26(24,25)19-11-5-4-9-16(19)20/h4-5,8-12,18,21H,2-3,6-7,13-15H2,1H3. The first-order chi connectivity index (χ1) is 12.5. The minimum atomic E-state index is -3.90. The lowest BCUT2D eigenvalue weighted by Crippen LogP contribution is -2.39. The van der Waals surface area contributed by atoms with Crippen molar-refractivity contribution in [1.29, 1.82) is 0 Å². The number of nitrogens with one attached hydrogen (secondary N) is 1. The fourth-order valence-corrected chi connectivity index (χ4v) is 4.69. The summed E-state index contributed by atoms with van der Waals surface area (Å²) in [6, 6.07) is 9.38. The number of aryl methyl sites for hydroxylation is 1. The largest absolute Gasteiger partial charge is 0.353 e. The van der Waals surface area contributed by atoms with E-state index in [0.717, 1.165) is 37.7 Å². The van der Waals surface area contributed by atoms with E-state index >= 15 is 0 Å². The zero-order chi connectivity index (χ0) is 18.6. The molecule has 142 valence electrons. The number of hydrogen-bond donors (Lipinski definition) is 1. The SMILES string of the molecule is Cn1cccc1C(CNS(=O)(=O)c1ccccc1F)N1CCCCCC1. The third kappa shape index (κ3) is 4.34. The molecule has 5 nitrogen and oxygen atoms in total. The first kappa shape index (κ1) is 19.1. The highest BCUT2D eigenvalue weighted by atomic mass is 32.2.